The fraction of sp³-hybridized carbons (Fsp3) is 0.474. The highest BCUT2D eigenvalue weighted by Crippen LogP contribution is 2.31. The lowest BCUT2D eigenvalue weighted by molar-refractivity contribution is -0.137. The van der Waals surface area contributed by atoms with E-state index in [0.717, 1.165) is 23.0 Å². The molecule has 0 bridgehead atoms. The van der Waals surface area contributed by atoms with Gasteiger partial charge in [-0.2, -0.15) is 13.2 Å². The second-order valence-electron chi connectivity index (χ2n) is 6.58. The number of aliphatic hydroxyl groups excluding tert-OH is 1. The van der Waals surface area contributed by atoms with Crippen molar-refractivity contribution in [3.05, 3.63) is 40.9 Å². The van der Waals surface area contributed by atoms with Gasteiger partial charge in [0.2, 0.25) is 0 Å². The first kappa shape index (κ1) is 23.7. The Balaban J connectivity index is 1.85. The van der Waals surface area contributed by atoms with E-state index in [1.807, 2.05) is 31.3 Å². The first-order valence-electron chi connectivity index (χ1n) is 9.31. The molecule has 0 saturated heterocycles. The number of benzene rings is 1. The second-order valence-corrected chi connectivity index (χ2v) is 7.42. The summed E-state index contributed by atoms with van der Waals surface area (Å²) in [4.78, 5) is 10.8. The fourth-order valence-corrected chi connectivity index (χ4v) is 3.05. The van der Waals surface area contributed by atoms with Crippen LogP contribution < -0.4 is 20.3 Å². The zero-order valence-corrected chi connectivity index (χ0v) is 17.8. The first-order valence-corrected chi connectivity index (χ1v) is 10.2. The number of nitrogens with one attached hydrogen (secondary N) is 2. The van der Waals surface area contributed by atoms with E-state index >= 15 is 0 Å². The van der Waals surface area contributed by atoms with Crippen molar-refractivity contribution in [1.29, 1.82) is 0 Å². The normalized spacial score (nSPS) is 13.1. The maximum Gasteiger partial charge on any atom is 0.416 e. The molecule has 0 fully saturated rings. The zero-order valence-electron chi connectivity index (χ0n) is 17.0. The standard InChI is InChI=1S/C19H26F3N5O2S/c1-4-23-17(24-9-14-12-30-18(26-14)27(2)3)25-10-15(28)11-29-16-7-5-6-13(8-16)19(20,21)22/h5-8,12,15,28H,4,9-11H2,1-3H3,(H2,23,24,25). The number of halogens is 3. The predicted octanol–water partition coefficient (Wildman–Crippen LogP) is 2.72. The van der Waals surface area contributed by atoms with E-state index in [9.17, 15) is 18.3 Å². The van der Waals surface area contributed by atoms with Crippen LogP contribution >= 0.6 is 11.3 Å². The number of thiazole rings is 1. The Morgan fingerprint density at radius 1 is 1.33 bits per heavy atom. The molecule has 1 aromatic carbocycles. The van der Waals surface area contributed by atoms with Crippen molar-refractivity contribution in [3.63, 3.8) is 0 Å². The Labute approximate surface area is 177 Å². The van der Waals surface area contributed by atoms with Gasteiger partial charge < -0.3 is 25.4 Å². The van der Waals surface area contributed by atoms with Crippen molar-refractivity contribution in [3.8, 4) is 5.75 Å². The Bertz CT molecular complexity index is 826. The van der Waals surface area contributed by atoms with Crippen molar-refractivity contribution in [2.24, 2.45) is 4.99 Å². The lowest BCUT2D eigenvalue weighted by Gasteiger charge is -2.16. The van der Waals surface area contributed by atoms with Crippen molar-refractivity contribution in [1.82, 2.24) is 15.6 Å². The molecule has 166 valence electrons. The summed E-state index contributed by atoms with van der Waals surface area (Å²) in [5.74, 6) is 0.541. The number of hydrogen-bond donors (Lipinski definition) is 3. The molecule has 30 heavy (non-hydrogen) atoms. The second kappa shape index (κ2) is 11.0. The van der Waals surface area contributed by atoms with Crippen LogP contribution in [0.3, 0.4) is 0 Å². The summed E-state index contributed by atoms with van der Waals surface area (Å²) in [5, 5.41) is 19.0. The van der Waals surface area contributed by atoms with E-state index in [1.165, 1.54) is 23.5 Å². The van der Waals surface area contributed by atoms with Gasteiger partial charge in [-0.15, -0.1) is 11.3 Å². The smallest absolute Gasteiger partial charge is 0.416 e. The van der Waals surface area contributed by atoms with Crippen LogP contribution in [0.2, 0.25) is 0 Å². The van der Waals surface area contributed by atoms with Gasteiger partial charge in [-0.3, -0.25) is 0 Å². The van der Waals surface area contributed by atoms with Crippen LogP contribution in [0, 0.1) is 0 Å². The van der Waals surface area contributed by atoms with Gasteiger partial charge in [-0.25, -0.2) is 9.98 Å². The number of guanidine groups is 1. The highest BCUT2D eigenvalue weighted by molar-refractivity contribution is 7.13. The minimum atomic E-state index is -4.44. The predicted molar refractivity (Wildman–Crippen MR) is 112 cm³/mol. The number of ether oxygens (including phenoxy) is 1. The number of aromatic nitrogens is 1. The van der Waals surface area contributed by atoms with Gasteiger partial charge in [0.15, 0.2) is 11.1 Å². The molecule has 2 rings (SSSR count). The molecule has 2 aromatic rings. The molecule has 0 radical (unpaired) electrons. The molecule has 3 N–H and O–H groups in total. The SMILES string of the molecule is CCNC(=NCc1csc(N(C)C)n1)NCC(O)COc1cccc(C(F)(F)F)c1. The Hall–Kier alpha value is -2.53. The number of aliphatic hydroxyl groups is 1. The van der Waals surface area contributed by atoms with Crippen LogP contribution in [0.15, 0.2) is 34.6 Å². The number of hydrogen-bond acceptors (Lipinski definition) is 6. The summed E-state index contributed by atoms with van der Waals surface area (Å²) in [6, 6.07) is 4.55. The van der Waals surface area contributed by atoms with Gasteiger partial charge in [-0.1, -0.05) is 6.07 Å². The van der Waals surface area contributed by atoms with Crippen LogP contribution in [-0.4, -0.2) is 55.9 Å². The lowest BCUT2D eigenvalue weighted by atomic mass is 10.2. The van der Waals surface area contributed by atoms with E-state index < -0.39 is 17.8 Å². The molecule has 1 atom stereocenters. The first-order chi connectivity index (χ1) is 14.2. The molecule has 0 saturated carbocycles. The fourth-order valence-electron chi connectivity index (χ4n) is 2.30. The lowest BCUT2D eigenvalue weighted by Crippen LogP contribution is -2.42. The summed E-state index contributed by atoms with van der Waals surface area (Å²) in [6.45, 7) is 2.87. The largest absolute Gasteiger partial charge is 0.491 e. The molecule has 0 aliphatic rings. The topological polar surface area (TPSA) is 82.0 Å². The summed E-state index contributed by atoms with van der Waals surface area (Å²) in [6.07, 6.45) is -5.38. The maximum absolute atomic E-state index is 12.7. The van der Waals surface area contributed by atoms with Crippen molar-refractivity contribution in [2.45, 2.75) is 25.7 Å². The summed E-state index contributed by atoms with van der Waals surface area (Å²) in [5.41, 5.74) is 0.0305. The van der Waals surface area contributed by atoms with Gasteiger partial charge in [0, 0.05) is 32.6 Å². The van der Waals surface area contributed by atoms with E-state index in [2.05, 4.69) is 20.6 Å². The molecule has 0 aliphatic heterocycles. The van der Waals surface area contributed by atoms with Gasteiger partial charge in [0.1, 0.15) is 18.5 Å². The van der Waals surface area contributed by atoms with Crippen LogP contribution in [0.5, 0.6) is 5.75 Å². The third kappa shape index (κ3) is 7.71. The summed E-state index contributed by atoms with van der Waals surface area (Å²) >= 11 is 1.53. The molecule has 0 aliphatic carbocycles. The summed E-state index contributed by atoms with van der Waals surface area (Å²) < 4.78 is 43.5. The van der Waals surface area contributed by atoms with Crippen LogP contribution in [-0.2, 0) is 12.7 Å². The number of rotatable bonds is 9. The monoisotopic (exact) mass is 445 g/mol. The van der Waals surface area contributed by atoms with E-state index in [-0.39, 0.29) is 18.9 Å². The average Bonchev–Trinajstić information content (AvgIpc) is 3.17. The Morgan fingerprint density at radius 3 is 2.73 bits per heavy atom. The molecule has 1 aromatic heterocycles. The quantitative estimate of drug-likeness (QED) is 0.407. The molecular formula is C19H26F3N5O2S. The zero-order chi connectivity index (χ0) is 22.1. The average molecular weight is 446 g/mol. The molecule has 0 amide bonds. The van der Waals surface area contributed by atoms with Gasteiger partial charge in [-0.05, 0) is 25.1 Å². The summed E-state index contributed by atoms with van der Waals surface area (Å²) in [7, 11) is 3.83. The molecule has 0 spiro atoms. The van der Waals surface area contributed by atoms with Gasteiger partial charge in [0.25, 0.3) is 0 Å². The molecule has 7 nitrogen and oxygen atoms in total. The highest BCUT2D eigenvalue weighted by atomic mass is 32.1. The van der Waals surface area contributed by atoms with Gasteiger partial charge in [0.05, 0.1) is 17.8 Å². The van der Waals surface area contributed by atoms with Crippen molar-refractivity contribution < 1.29 is 23.0 Å². The number of nitrogens with zero attached hydrogens (tertiary/aromatic N) is 3. The number of anilines is 1. The third-order valence-electron chi connectivity index (χ3n) is 3.77. The highest BCUT2D eigenvalue weighted by Gasteiger charge is 2.30. The Morgan fingerprint density at radius 2 is 2.10 bits per heavy atom. The molecule has 11 heteroatoms. The van der Waals surface area contributed by atoms with Crippen molar-refractivity contribution in [2.75, 3.05) is 38.7 Å². The van der Waals surface area contributed by atoms with E-state index in [4.69, 9.17) is 4.74 Å². The van der Waals surface area contributed by atoms with Gasteiger partial charge >= 0.3 is 6.18 Å². The number of alkyl halides is 3. The maximum atomic E-state index is 12.7. The Kier molecular flexibility index (Phi) is 8.72. The van der Waals surface area contributed by atoms with E-state index in [1.54, 1.807) is 0 Å². The van der Waals surface area contributed by atoms with Crippen LogP contribution in [0.1, 0.15) is 18.2 Å². The minimum Gasteiger partial charge on any atom is -0.491 e. The molecular weight excluding hydrogens is 419 g/mol. The molecule has 1 heterocycles. The molecule has 1 unspecified atom stereocenters. The number of aliphatic imine (C=N–C) groups is 1. The van der Waals surface area contributed by atoms with Crippen LogP contribution in [0.25, 0.3) is 0 Å². The van der Waals surface area contributed by atoms with Crippen LogP contribution in [0.4, 0.5) is 18.3 Å². The van der Waals surface area contributed by atoms with Crippen molar-refractivity contribution >= 4 is 22.4 Å². The van der Waals surface area contributed by atoms with E-state index in [0.29, 0.717) is 19.0 Å². The third-order valence-corrected chi connectivity index (χ3v) is 4.83. The minimum absolute atomic E-state index is 0.0460.